The minimum Gasteiger partial charge on any atom is -0.334 e. The summed E-state index contributed by atoms with van der Waals surface area (Å²) in [6.07, 6.45) is 5.62. The van der Waals surface area contributed by atoms with Gasteiger partial charge in [-0.1, -0.05) is 6.92 Å². The molecule has 1 unspecified atom stereocenters. The van der Waals surface area contributed by atoms with Crippen LogP contribution in [0.2, 0.25) is 0 Å². The van der Waals surface area contributed by atoms with E-state index in [0.717, 1.165) is 51.1 Å². The minimum atomic E-state index is -0.0382. The van der Waals surface area contributed by atoms with E-state index < -0.39 is 0 Å². The van der Waals surface area contributed by atoms with Crippen LogP contribution in [0.1, 0.15) is 61.4 Å². The summed E-state index contributed by atoms with van der Waals surface area (Å²) in [6, 6.07) is 0.423. The van der Waals surface area contributed by atoms with Crippen molar-refractivity contribution in [1.82, 2.24) is 25.4 Å². The second-order valence-corrected chi connectivity index (χ2v) is 5.86. The zero-order valence-electron chi connectivity index (χ0n) is 12.1. The molecule has 2 heterocycles. The summed E-state index contributed by atoms with van der Waals surface area (Å²) in [4.78, 5) is 18.8. The maximum absolute atomic E-state index is 12.5. The summed E-state index contributed by atoms with van der Waals surface area (Å²) in [6.45, 7) is 4.69. The van der Waals surface area contributed by atoms with Gasteiger partial charge in [-0.2, -0.15) is 0 Å². The molecule has 0 radical (unpaired) electrons. The Labute approximate surface area is 119 Å². The van der Waals surface area contributed by atoms with Crippen LogP contribution in [-0.2, 0) is 0 Å². The van der Waals surface area contributed by atoms with E-state index in [1.165, 1.54) is 6.42 Å². The van der Waals surface area contributed by atoms with Gasteiger partial charge in [-0.3, -0.25) is 9.89 Å². The van der Waals surface area contributed by atoms with Gasteiger partial charge >= 0.3 is 0 Å². The number of H-pyrrole nitrogens is 1. The summed E-state index contributed by atoms with van der Waals surface area (Å²) in [5.74, 6) is 1.67. The summed E-state index contributed by atoms with van der Waals surface area (Å²) >= 11 is 0. The molecule has 1 aliphatic heterocycles. The molecule has 1 aliphatic carbocycles. The standard InChI is InChI=1S/C14H23N5O/c1-2-8-19(9-11-4-3-7-15-11)14(20)13-16-12(17-18-13)10-5-6-10/h10-11,15H,2-9H2,1H3,(H,16,17,18). The van der Waals surface area contributed by atoms with Crippen molar-refractivity contribution in [3.63, 3.8) is 0 Å². The molecule has 1 aromatic rings. The normalized spacial score (nSPS) is 22.1. The molecule has 20 heavy (non-hydrogen) atoms. The maximum atomic E-state index is 12.5. The van der Waals surface area contributed by atoms with Gasteiger partial charge in [0.2, 0.25) is 5.82 Å². The predicted molar refractivity (Wildman–Crippen MR) is 75.6 cm³/mol. The van der Waals surface area contributed by atoms with Crippen LogP contribution >= 0.6 is 0 Å². The Morgan fingerprint density at radius 3 is 2.90 bits per heavy atom. The molecule has 0 bridgehead atoms. The van der Waals surface area contributed by atoms with Crippen LogP contribution in [-0.4, -0.2) is 51.7 Å². The Morgan fingerprint density at radius 2 is 2.25 bits per heavy atom. The molecule has 1 saturated heterocycles. The van der Waals surface area contributed by atoms with Gasteiger partial charge in [0.25, 0.3) is 5.91 Å². The van der Waals surface area contributed by atoms with E-state index >= 15 is 0 Å². The largest absolute Gasteiger partial charge is 0.334 e. The Kier molecular flexibility index (Phi) is 4.00. The number of hydrogen-bond donors (Lipinski definition) is 2. The highest BCUT2D eigenvalue weighted by atomic mass is 16.2. The van der Waals surface area contributed by atoms with Crippen LogP contribution in [0.25, 0.3) is 0 Å². The van der Waals surface area contributed by atoms with E-state index in [1.54, 1.807) is 0 Å². The summed E-state index contributed by atoms with van der Waals surface area (Å²) < 4.78 is 0. The molecule has 6 heteroatoms. The van der Waals surface area contributed by atoms with Crippen LogP contribution < -0.4 is 5.32 Å². The van der Waals surface area contributed by atoms with Crippen LogP contribution in [0.15, 0.2) is 0 Å². The molecule has 1 amide bonds. The summed E-state index contributed by atoms with van der Waals surface area (Å²) in [5, 5.41) is 10.5. The van der Waals surface area contributed by atoms with Crippen molar-refractivity contribution >= 4 is 5.91 Å². The summed E-state index contributed by atoms with van der Waals surface area (Å²) in [5.41, 5.74) is 0. The van der Waals surface area contributed by atoms with Crippen LogP contribution in [0.4, 0.5) is 0 Å². The van der Waals surface area contributed by atoms with Crippen LogP contribution in [0.5, 0.6) is 0 Å². The van der Waals surface area contributed by atoms with Gasteiger partial charge in [0, 0.05) is 25.0 Å². The quantitative estimate of drug-likeness (QED) is 0.821. The first-order valence-corrected chi connectivity index (χ1v) is 7.73. The van der Waals surface area contributed by atoms with E-state index in [0.29, 0.717) is 17.8 Å². The molecular weight excluding hydrogens is 254 g/mol. The lowest BCUT2D eigenvalue weighted by atomic mass is 10.2. The van der Waals surface area contributed by atoms with E-state index in [2.05, 4.69) is 27.4 Å². The number of rotatable bonds is 6. The van der Waals surface area contributed by atoms with Gasteiger partial charge in [0.05, 0.1) is 0 Å². The van der Waals surface area contributed by atoms with E-state index in [9.17, 15) is 4.79 Å². The van der Waals surface area contributed by atoms with Crippen molar-refractivity contribution in [1.29, 1.82) is 0 Å². The lowest BCUT2D eigenvalue weighted by molar-refractivity contribution is 0.0730. The van der Waals surface area contributed by atoms with E-state index in [1.807, 2.05) is 4.90 Å². The molecule has 2 aliphatic rings. The average molecular weight is 277 g/mol. The second-order valence-electron chi connectivity index (χ2n) is 5.86. The van der Waals surface area contributed by atoms with Crippen molar-refractivity contribution in [2.45, 2.75) is 51.0 Å². The van der Waals surface area contributed by atoms with Crippen molar-refractivity contribution in [3.8, 4) is 0 Å². The molecule has 3 rings (SSSR count). The molecule has 2 fully saturated rings. The minimum absolute atomic E-state index is 0.0382. The topological polar surface area (TPSA) is 73.9 Å². The van der Waals surface area contributed by atoms with Crippen molar-refractivity contribution in [2.24, 2.45) is 0 Å². The number of amides is 1. The van der Waals surface area contributed by atoms with Gasteiger partial charge in [0.15, 0.2) is 0 Å². The zero-order chi connectivity index (χ0) is 13.9. The van der Waals surface area contributed by atoms with Crippen LogP contribution in [0, 0.1) is 0 Å². The third-order valence-corrected chi connectivity index (χ3v) is 4.04. The molecule has 1 aromatic heterocycles. The fourth-order valence-corrected chi connectivity index (χ4v) is 2.77. The molecule has 2 N–H and O–H groups in total. The first-order chi connectivity index (χ1) is 9.78. The van der Waals surface area contributed by atoms with Gasteiger partial charge in [-0.15, -0.1) is 5.10 Å². The van der Waals surface area contributed by atoms with Gasteiger partial charge in [-0.25, -0.2) is 4.98 Å². The smallest absolute Gasteiger partial charge is 0.293 e. The zero-order valence-corrected chi connectivity index (χ0v) is 12.1. The SMILES string of the molecule is CCCN(CC1CCCN1)C(=O)c1n[nH]c(C2CC2)n1. The fraction of sp³-hybridized carbons (Fsp3) is 0.786. The highest BCUT2D eigenvalue weighted by molar-refractivity contribution is 5.90. The monoisotopic (exact) mass is 277 g/mol. The lowest BCUT2D eigenvalue weighted by Crippen LogP contribution is -2.41. The van der Waals surface area contributed by atoms with Gasteiger partial charge in [-0.05, 0) is 38.6 Å². The predicted octanol–water partition coefficient (Wildman–Crippen LogP) is 1.29. The Hall–Kier alpha value is -1.43. The number of aromatic amines is 1. The highest BCUT2D eigenvalue weighted by Crippen LogP contribution is 2.37. The van der Waals surface area contributed by atoms with Gasteiger partial charge in [0.1, 0.15) is 5.82 Å². The van der Waals surface area contributed by atoms with E-state index in [-0.39, 0.29) is 5.91 Å². The van der Waals surface area contributed by atoms with Crippen molar-refractivity contribution in [2.75, 3.05) is 19.6 Å². The molecule has 1 saturated carbocycles. The first-order valence-electron chi connectivity index (χ1n) is 7.73. The highest BCUT2D eigenvalue weighted by Gasteiger charge is 2.30. The Balaban J connectivity index is 1.66. The van der Waals surface area contributed by atoms with Crippen molar-refractivity contribution in [3.05, 3.63) is 11.6 Å². The second kappa shape index (κ2) is 5.91. The van der Waals surface area contributed by atoms with Crippen molar-refractivity contribution < 1.29 is 4.79 Å². The molecule has 0 spiro atoms. The Bertz CT molecular complexity index is 462. The average Bonchev–Trinajstić information content (AvgIpc) is 2.98. The third-order valence-electron chi connectivity index (χ3n) is 4.04. The number of carbonyl (C=O) groups excluding carboxylic acids is 1. The maximum Gasteiger partial charge on any atom is 0.293 e. The number of hydrogen-bond acceptors (Lipinski definition) is 4. The van der Waals surface area contributed by atoms with E-state index in [4.69, 9.17) is 0 Å². The molecule has 6 nitrogen and oxygen atoms in total. The molecular formula is C14H23N5O. The third kappa shape index (κ3) is 3.00. The molecule has 110 valence electrons. The number of carbonyl (C=O) groups is 1. The summed E-state index contributed by atoms with van der Waals surface area (Å²) in [7, 11) is 0. The first kappa shape index (κ1) is 13.5. The number of nitrogens with one attached hydrogen (secondary N) is 2. The van der Waals surface area contributed by atoms with Gasteiger partial charge < -0.3 is 10.2 Å². The lowest BCUT2D eigenvalue weighted by Gasteiger charge is -2.24. The fourth-order valence-electron chi connectivity index (χ4n) is 2.77. The molecule has 1 atom stereocenters. The number of nitrogens with zero attached hydrogens (tertiary/aromatic N) is 3. The van der Waals surface area contributed by atoms with Crippen LogP contribution in [0.3, 0.4) is 0 Å². The number of aromatic nitrogens is 3. The Morgan fingerprint density at radius 1 is 1.40 bits per heavy atom. The molecule has 0 aromatic carbocycles.